The van der Waals surface area contributed by atoms with Gasteiger partial charge >= 0.3 is 0 Å². The first kappa shape index (κ1) is 17.9. The summed E-state index contributed by atoms with van der Waals surface area (Å²) >= 11 is 0. The minimum atomic E-state index is 0.236. The molecule has 1 amide bonds. The van der Waals surface area contributed by atoms with Crippen molar-refractivity contribution in [3.05, 3.63) is 41.2 Å². The number of carbonyl (C=O) groups excluding carboxylic acids is 1. The molecule has 6 heteroatoms. The summed E-state index contributed by atoms with van der Waals surface area (Å²) < 4.78 is 1.93. The van der Waals surface area contributed by atoms with Crippen LogP contribution in [0.25, 0.3) is 16.6 Å². The van der Waals surface area contributed by atoms with Crippen molar-refractivity contribution in [2.24, 2.45) is 0 Å². The molecule has 27 heavy (non-hydrogen) atoms. The Balaban J connectivity index is 1.57. The fraction of sp³-hybridized carbons (Fsp3) is 0.476. The van der Waals surface area contributed by atoms with Crippen molar-refractivity contribution in [2.75, 3.05) is 20.1 Å². The van der Waals surface area contributed by atoms with Crippen LogP contribution in [0.3, 0.4) is 0 Å². The number of hydrogen-bond donors (Lipinski definition) is 1. The molecule has 1 saturated heterocycles. The summed E-state index contributed by atoms with van der Waals surface area (Å²) in [6.07, 6.45) is 3.44. The average Bonchev–Trinajstić information content (AvgIpc) is 3.06. The van der Waals surface area contributed by atoms with E-state index < -0.39 is 0 Å². The number of likely N-dealkylation sites (tertiary alicyclic amines) is 1. The predicted octanol–water partition coefficient (Wildman–Crippen LogP) is 2.64. The molecule has 1 atom stereocenters. The molecule has 1 N–H and O–H groups in total. The van der Waals surface area contributed by atoms with Gasteiger partial charge in [0.1, 0.15) is 0 Å². The van der Waals surface area contributed by atoms with Gasteiger partial charge in [-0.2, -0.15) is 5.10 Å². The normalized spacial score (nSPS) is 17.7. The summed E-state index contributed by atoms with van der Waals surface area (Å²) in [5, 5.41) is 9.07. The lowest BCUT2D eigenvalue weighted by atomic mass is 10.0. The first-order valence-corrected chi connectivity index (χ1v) is 9.77. The number of carbonyl (C=O) groups is 1. The summed E-state index contributed by atoms with van der Waals surface area (Å²) in [7, 11) is 1.97. The van der Waals surface area contributed by atoms with Gasteiger partial charge in [-0.25, -0.2) is 9.50 Å². The van der Waals surface area contributed by atoms with Crippen LogP contribution in [0.15, 0.2) is 24.3 Å². The van der Waals surface area contributed by atoms with Gasteiger partial charge in [0.2, 0.25) is 5.91 Å². The van der Waals surface area contributed by atoms with E-state index in [0.29, 0.717) is 18.9 Å². The highest BCUT2D eigenvalue weighted by molar-refractivity contribution is 5.92. The maximum absolute atomic E-state index is 12.7. The van der Waals surface area contributed by atoms with Crippen LogP contribution in [-0.4, -0.2) is 51.6 Å². The fourth-order valence-corrected chi connectivity index (χ4v) is 4.17. The maximum Gasteiger partial charge on any atom is 0.222 e. The second-order valence-corrected chi connectivity index (χ2v) is 7.48. The lowest BCUT2D eigenvalue weighted by Gasteiger charge is -2.32. The zero-order valence-corrected chi connectivity index (χ0v) is 16.3. The van der Waals surface area contributed by atoms with Crippen molar-refractivity contribution in [3.8, 4) is 0 Å². The molecule has 0 saturated carbocycles. The summed E-state index contributed by atoms with van der Waals surface area (Å²) in [6, 6.07) is 8.49. The Morgan fingerprint density at radius 2 is 2.11 bits per heavy atom. The number of likely N-dealkylation sites (N-methyl/N-ethyl adjacent to an activating group) is 1. The SMILES string of the molecule is CNC1CCCN(C(=O)CCc2c(C)nc3c4ccccc4nn3c2C)C1. The Labute approximate surface area is 159 Å². The largest absolute Gasteiger partial charge is 0.341 e. The summed E-state index contributed by atoms with van der Waals surface area (Å²) in [5.74, 6) is 0.236. The van der Waals surface area contributed by atoms with Gasteiger partial charge in [-0.05, 0) is 57.9 Å². The molecule has 1 aromatic carbocycles. The molecule has 1 unspecified atom stereocenters. The van der Waals surface area contributed by atoms with Crippen LogP contribution in [0.5, 0.6) is 0 Å². The third-order valence-electron chi connectivity index (χ3n) is 5.79. The Morgan fingerprint density at radius 1 is 1.30 bits per heavy atom. The average molecular weight is 365 g/mol. The molecule has 1 aliphatic rings. The topological polar surface area (TPSA) is 62.5 Å². The maximum atomic E-state index is 12.7. The van der Waals surface area contributed by atoms with Gasteiger partial charge in [0.15, 0.2) is 5.65 Å². The summed E-state index contributed by atoms with van der Waals surface area (Å²) in [6.45, 7) is 5.80. The zero-order valence-electron chi connectivity index (χ0n) is 16.3. The lowest BCUT2D eigenvalue weighted by Crippen LogP contribution is -2.47. The van der Waals surface area contributed by atoms with Crippen molar-refractivity contribution in [1.29, 1.82) is 0 Å². The second kappa shape index (κ2) is 7.27. The van der Waals surface area contributed by atoms with Crippen LogP contribution in [0.4, 0.5) is 0 Å². The highest BCUT2D eigenvalue weighted by Crippen LogP contribution is 2.23. The molecule has 6 nitrogen and oxygen atoms in total. The third-order valence-corrected chi connectivity index (χ3v) is 5.79. The van der Waals surface area contributed by atoms with E-state index in [1.165, 1.54) is 0 Å². The number of hydrogen-bond acceptors (Lipinski definition) is 4. The molecule has 0 radical (unpaired) electrons. The molecule has 1 aliphatic heterocycles. The Morgan fingerprint density at radius 3 is 2.93 bits per heavy atom. The van der Waals surface area contributed by atoms with Gasteiger partial charge in [0, 0.05) is 42.3 Å². The molecule has 142 valence electrons. The number of aryl methyl sites for hydroxylation is 2. The molecule has 2 aromatic heterocycles. The van der Waals surface area contributed by atoms with Crippen LogP contribution in [0.2, 0.25) is 0 Å². The zero-order chi connectivity index (χ0) is 19.0. The molecule has 3 heterocycles. The fourth-order valence-electron chi connectivity index (χ4n) is 4.17. The van der Waals surface area contributed by atoms with E-state index in [1.807, 2.05) is 41.6 Å². The van der Waals surface area contributed by atoms with E-state index in [9.17, 15) is 4.79 Å². The quantitative estimate of drug-likeness (QED) is 0.772. The van der Waals surface area contributed by atoms with Crippen molar-refractivity contribution < 1.29 is 4.79 Å². The Hall–Kier alpha value is -2.47. The van der Waals surface area contributed by atoms with E-state index in [2.05, 4.69) is 18.3 Å². The number of nitrogens with zero attached hydrogens (tertiary/aromatic N) is 4. The monoisotopic (exact) mass is 365 g/mol. The molecule has 0 bridgehead atoms. The smallest absolute Gasteiger partial charge is 0.222 e. The van der Waals surface area contributed by atoms with E-state index in [4.69, 9.17) is 10.1 Å². The van der Waals surface area contributed by atoms with Crippen LogP contribution in [0.1, 0.15) is 36.2 Å². The van der Waals surface area contributed by atoms with E-state index >= 15 is 0 Å². The van der Waals surface area contributed by atoms with Gasteiger partial charge < -0.3 is 10.2 Å². The second-order valence-electron chi connectivity index (χ2n) is 7.48. The number of benzene rings is 1. The van der Waals surface area contributed by atoms with E-state index in [-0.39, 0.29) is 5.91 Å². The van der Waals surface area contributed by atoms with Gasteiger partial charge in [-0.15, -0.1) is 0 Å². The van der Waals surface area contributed by atoms with Gasteiger partial charge in [-0.3, -0.25) is 4.79 Å². The number of piperidine rings is 1. The minimum Gasteiger partial charge on any atom is -0.341 e. The van der Waals surface area contributed by atoms with E-state index in [1.54, 1.807) is 0 Å². The summed E-state index contributed by atoms with van der Waals surface area (Å²) in [4.78, 5) is 19.5. The van der Waals surface area contributed by atoms with Crippen molar-refractivity contribution >= 4 is 22.5 Å². The first-order valence-electron chi connectivity index (χ1n) is 9.77. The number of nitrogens with one attached hydrogen (secondary N) is 1. The molecule has 0 spiro atoms. The molecule has 3 aromatic rings. The molecular weight excluding hydrogens is 338 g/mol. The third kappa shape index (κ3) is 3.30. The standard InChI is InChI=1S/C21H27N5O/c1-14-17(10-11-20(27)25-12-6-7-16(13-25)22-3)15(2)26-21(23-14)18-8-4-5-9-19(18)24-26/h4-5,8-9,16,22H,6-7,10-13H2,1-3H3. The van der Waals surface area contributed by atoms with Gasteiger partial charge in [0.05, 0.1) is 5.52 Å². The lowest BCUT2D eigenvalue weighted by molar-refractivity contribution is -0.132. The van der Waals surface area contributed by atoms with Crippen LogP contribution in [0, 0.1) is 13.8 Å². The van der Waals surface area contributed by atoms with Crippen molar-refractivity contribution in [3.63, 3.8) is 0 Å². The van der Waals surface area contributed by atoms with E-state index in [0.717, 1.165) is 59.4 Å². The predicted molar refractivity (Wildman–Crippen MR) is 107 cm³/mol. The minimum absolute atomic E-state index is 0.236. The highest BCUT2D eigenvalue weighted by Gasteiger charge is 2.23. The van der Waals surface area contributed by atoms with Crippen LogP contribution >= 0.6 is 0 Å². The molecule has 4 rings (SSSR count). The van der Waals surface area contributed by atoms with Crippen molar-refractivity contribution in [1.82, 2.24) is 24.8 Å². The molecular formula is C21H27N5O. The van der Waals surface area contributed by atoms with Crippen LogP contribution in [-0.2, 0) is 11.2 Å². The molecule has 0 aliphatic carbocycles. The van der Waals surface area contributed by atoms with Crippen LogP contribution < -0.4 is 5.32 Å². The molecule has 1 fully saturated rings. The number of fused-ring (bicyclic) bond motifs is 3. The Bertz CT molecular complexity index is 993. The van der Waals surface area contributed by atoms with Gasteiger partial charge in [-0.1, -0.05) is 12.1 Å². The summed E-state index contributed by atoms with van der Waals surface area (Å²) in [5.41, 5.74) is 5.04. The van der Waals surface area contributed by atoms with Crippen molar-refractivity contribution in [2.45, 2.75) is 45.6 Å². The first-order chi connectivity index (χ1) is 13.1. The highest BCUT2D eigenvalue weighted by atomic mass is 16.2. The Kier molecular flexibility index (Phi) is 4.83. The number of aromatic nitrogens is 3. The number of rotatable bonds is 4. The number of amides is 1. The van der Waals surface area contributed by atoms with Gasteiger partial charge in [0.25, 0.3) is 0 Å².